The smallest absolute Gasteiger partial charge is 0.189 e. The zero-order chi connectivity index (χ0) is 13.2. The van der Waals surface area contributed by atoms with Gasteiger partial charge in [0.1, 0.15) is 5.75 Å². The molecular formula is C15H22N2O2. The number of anilines is 1. The van der Waals surface area contributed by atoms with Crippen molar-refractivity contribution in [2.24, 2.45) is 0 Å². The number of benzene rings is 1. The van der Waals surface area contributed by atoms with Crippen molar-refractivity contribution in [3.8, 4) is 5.75 Å². The van der Waals surface area contributed by atoms with E-state index in [9.17, 15) is 0 Å². The van der Waals surface area contributed by atoms with Gasteiger partial charge in [0.25, 0.3) is 0 Å². The molecule has 0 bridgehead atoms. The third-order valence-electron chi connectivity index (χ3n) is 4.15. The first kappa shape index (κ1) is 12.8. The van der Waals surface area contributed by atoms with E-state index in [0.717, 1.165) is 23.5 Å². The van der Waals surface area contributed by atoms with E-state index in [0.29, 0.717) is 19.4 Å². The highest BCUT2D eigenvalue weighted by Crippen LogP contribution is 2.33. The third-order valence-corrected chi connectivity index (χ3v) is 4.15. The largest absolute Gasteiger partial charge is 0.467 e. The first-order valence-corrected chi connectivity index (χ1v) is 7.13. The van der Waals surface area contributed by atoms with E-state index in [1.807, 2.05) is 6.07 Å². The second-order valence-electron chi connectivity index (χ2n) is 5.45. The first-order chi connectivity index (χ1) is 9.28. The van der Waals surface area contributed by atoms with Crippen molar-refractivity contribution in [1.82, 2.24) is 4.90 Å². The molecule has 1 aromatic rings. The predicted molar refractivity (Wildman–Crippen MR) is 74.9 cm³/mol. The van der Waals surface area contributed by atoms with Gasteiger partial charge in [-0.2, -0.15) is 0 Å². The number of rotatable bonds is 3. The normalized spacial score (nSPS) is 23.1. The average molecular weight is 262 g/mol. The Kier molecular flexibility index (Phi) is 3.62. The summed E-state index contributed by atoms with van der Waals surface area (Å²) >= 11 is 0. The molecule has 3 rings (SSSR count). The van der Waals surface area contributed by atoms with Gasteiger partial charge in [-0.05, 0) is 37.9 Å². The molecular weight excluding hydrogens is 240 g/mol. The molecule has 0 aliphatic carbocycles. The SMILES string of the molecule is CCC1CCCN1Cc1cc(N)cc2c1OCOC2. The average Bonchev–Trinajstić information content (AvgIpc) is 2.86. The van der Waals surface area contributed by atoms with Crippen LogP contribution in [-0.4, -0.2) is 24.3 Å². The second kappa shape index (κ2) is 5.39. The summed E-state index contributed by atoms with van der Waals surface area (Å²) < 4.78 is 11.0. The lowest BCUT2D eigenvalue weighted by atomic mass is 10.1. The Morgan fingerprint density at radius 3 is 3.16 bits per heavy atom. The van der Waals surface area contributed by atoms with Gasteiger partial charge in [-0.15, -0.1) is 0 Å². The molecule has 4 heteroatoms. The van der Waals surface area contributed by atoms with Crippen molar-refractivity contribution in [2.45, 2.75) is 45.4 Å². The third kappa shape index (κ3) is 2.55. The van der Waals surface area contributed by atoms with Crippen LogP contribution in [0.4, 0.5) is 5.69 Å². The summed E-state index contributed by atoms with van der Waals surface area (Å²) in [6.45, 7) is 5.33. The maximum Gasteiger partial charge on any atom is 0.189 e. The van der Waals surface area contributed by atoms with Gasteiger partial charge in [-0.3, -0.25) is 4.90 Å². The van der Waals surface area contributed by atoms with Crippen LogP contribution in [0.5, 0.6) is 5.75 Å². The quantitative estimate of drug-likeness (QED) is 0.850. The van der Waals surface area contributed by atoms with Crippen LogP contribution >= 0.6 is 0 Å². The summed E-state index contributed by atoms with van der Waals surface area (Å²) in [5, 5.41) is 0. The lowest BCUT2D eigenvalue weighted by Gasteiger charge is -2.27. The maximum absolute atomic E-state index is 5.99. The first-order valence-electron chi connectivity index (χ1n) is 7.13. The molecule has 19 heavy (non-hydrogen) atoms. The van der Waals surface area contributed by atoms with Gasteiger partial charge in [-0.25, -0.2) is 0 Å². The molecule has 1 aromatic carbocycles. The molecule has 0 aromatic heterocycles. The van der Waals surface area contributed by atoms with E-state index in [1.54, 1.807) is 0 Å². The number of nitrogens with two attached hydrogens (primary N) is 1. The Morgan fingerprint density at radius 2 is 2.32 bits per heavy atom. The van der Waals surface area contributed by atoms with Crippen molar-refractivity contribution in [3.63, 3.8) is 0 Å². The Labute approximate surface area is 114 Å². The van der Waals surface area contributed by atoms with E-state index in [1.165, 1.54) is 31.4 Å². The lowest BCUT2D eigenvalue weighted by molar-refractivity contribution is -0.0174. The van der Waals surface area contributed by atoms with E-state index in [4.69, 9.17) is 15.2 Å². The van der Waals surface area contributed by atoms with Crippen molar-refractivity contribution in [3.05, 3.63) is 23.3 Å². The minimum absolute atomic E-state index is 0.348. The predicted octanol–water partition coefficient (Wildman–Crippen LogP) is 2.51. The van der Waals surface area contributed by atoms with Crippen molar-refractivity contribution in [1.29, 1.82) is 0 Å². The minimum atomic E-state index is 0.348. The molecule has 2 aliphatic heterocycles. The molecule has 1 atom stereocenters. The van der Waals surface area contributed by atoms with Crippen molar-refractivity contribution in [2.75, 3.05) is 19.1 Å². The summed E-state index contributed by atoms with van der Waals surface area (Å²) in [5.74, 6) is 0.988. The zero-order valence-corrected chi connectivity index (χ0v) is 11.5. The van der Waals surface area contributed by atoms with Gasteiger partial charge in [0.05, 0.1) is 6.61 Å². The topological polar surface area (TPSA) is 47.7 Å². The number of nitrogens with zero attached hydrogens (tertiary/aromatic N) is 1. The molecule has 4 nitrogen and oxygen atoms in total. The molecule has 0 saturated carbocycles. The van der Waals surface area contributed by atoms with E-state index >= 15 is 0 Å². The summed E-state index contributed by atoms with van der Waals surface area (Å²) in [5.41, 5.74) is 9.08. The van der Waals surface area contributed by atoms with E-state index in [-0.39, 0.29) is 0 Å². The monoisotopic (exact) mass is 262 g/mol. The molecule has 1 fully saturated rings. The summed E-state index contributed by atoms with van der Waals surface area (Å²) in [6.07, 6.45) is 3.83. The standard InChI is InChI=1S/C15H22N2O2/c1-2-14-4-3-5-17(14)8-11-6-13(16)7-12-9-18-10-19-15(11)12/h6-7,14H,2-5,8-10,16H2,1H3. The number of hydrogen-bond acceptors (Lipinski definition) is 4. The van der Waals surface area contributed by atoms with Gasteiger partial charge in [0.2, 0.25) is 0 Å². The minimum Gasteiger partial charge on any atom is -0.467 e. The van der Waals surface area contributed by atoms with Crippen LogP contribution < -0.4 is 10.5 Å². The molecule has 2 aliphatic rings. The van der Waals surface area contributed by atoms with E-state index < -0.39 is 0 Å². The number of nitrogen functional groups attached to an aromatic ring is 1. The number of hydrogen-bond donors (Lipinski definition) is 1. The summed E-state index contributed by atoms with van der Waals surface area (Å²) in [4.78, 5) is 2.55. The van der Waals surface area contributed by atoms with E-state index in [2.05, 4.69) is 17.9 Å². The highest BCUT2D eigenvalue weighted by molar-refractivity contribution is 5.53. The van der Waals surface area contributed by atoms with Crippen LogP contribution in [0.1, 0.15) is 37.3 Å². The highest BCUT2D eigenvalue weighted by Gasteiger charge is 2.25. The fourth-order valence-electron chi connectivity index (χ4n) is 3.23. The second-order valence-corrected chi connectivity index (χ2v) is 5.45. The van der Waals surface area contributed by atoms with Crippen molar-refractivity contribution >= 4 is 5.69 Å². The number of fused-ring (bicyclic) bond motifs is 1. The summed E-state index contributed by atoms with van der Waals surface area (Å²) in [7, 11) is 0. The van der Waals surface area contributed by atoms with Crippen LogP contribution in [0.25, 0.3) is 0 Å². The van der Waals surface area contributed by atoms with Gasteiger partial charge in [0, 0.05) is 29.4 Å². The van der Waals surface area contributed by atoms with Crippen LogP contribution in [0.3, 0.4) is 0 Å². The fraction of sp³-hybridized carbons (Fsp3) is 0.600. The fourth-order valence-corrected chi connectivity index (χ4v) is 3.23. The van der Waals surface area contributed by atoms with Gasteiger partial charge in [-0.1, -0.05) is 6.92 Å². The molecule has 1 saturated heterocycles. The summed E-state index contributed by atoms with van der Waals surface area (Å²) in [6, 6.07) is 4.71. The molecule has 104 valence electrons. The van der Waals surface area contributed by atoms with Gasteiger partial charge < -0.3 is 15.2 Å². The Bertz CT molecular complexity index is 462. The Balaban J connectivity index is 1.85. The van der Waals surface area contributed by atoms with Gasteiger partial charge >= 0.3 is 0 Å². The van der Waals surface area contributed by atoms with Gasteiger partial charge in [0.15, 0.2) is 6.79 Å². The molecule has 0 radical (unpaired) electrons. The van der Waals surface area contributed by atoms with Crippen LogP contribution in [0.15, 0.2) is 12.1 Å². The number of ether oxygens (including phenoxy) is 2. The molecule has 0 spiro atoms. The molecule has 1 unspecified atom stereocenters. The molecule has 2 heterocycles. The zero-order valence-electron chi connectivity index (χ0n) is 11.5. The lowest BCUT2D eigenvalue weighted by Crippen LogP contribution is -2.29. The van der Waals surface area contributed by atoms with Crippen molar-refractivity contribution < 1.29 is 9.47 Å². The highest BCUT2D eigenvalue weighted by atomic mass is 16.7. The molecule has 2 N–H and O–H groups in total. The maximum atomic E-state index is 5.99. The van der Waals surface area contributed by atoms with Crippen LogP contribution in [0.2, 0.25) is 0 Å². The van der Waals surface area contributed by atoms with Crippen LogP contribution in [0, 0.1) is 0 Å². The molecule has 0 amide bonds. The number of likely N-dealkylation sites (tertiary alicyclic amines) is 1. The van der Waals surface area contributed by atoms with Crippen LogP contribution in [-0.2, 0) is 17.9 Å². The Morgan fingerprint density at radius 1 is 1.42 bits per heavy atom. The Hall–Kier alpha value is -1.26.